The maximum absolute atomic E-state index is 11.9. The minimum absolute atomic E-state index is 0.0756. The van der Waals surface area contributed by atoms with Crippen LogP contribution in [0.3, 0.4) is 0 Å². The summed E-state index contributed by atoms with van der Waals surface area (Å²) in [6.45, 7) is -2.24. The van der Waals surface area contributed by atoms with Gasteiger partial charge in [-0.3, -0.25) is 10.1 Å². The Kier molecular flexibility index (Phi) is 5.54. The molecule has 0 saturated heterocycles. The lowest BCUT2D eigenvalue weighted by molar-refractivity contribution is -0.383. The van der Waals surface area contributed by atoms with Gasteiger partial charge in [-0.05, 0) is 32.6 Å². The maximum atomic E-state index is 11.9. The second-order valence-electron chi connectivity index (χ2n) is 8.24. The average molecular weight is 479 g/mol. The van der Waals surface area contributed by atoms with Crippen LogP contribution >= 0.6 is 0 Å². The minimum atomic E-state index is -2.32. The zero-order valence-electron chi connectivity index (χ0n) is 23.0. The molecule has 2 aromatic heterocycles. The number of anilines is 3. The Morgan fingerprint density at radius 3 is 2.77 bits per heavy atom. The van der Waals surface area contributed by atoms with Crippen molar-refractivity contribution in [3.8, 4) is 17.0 Å². The Balaban J connectivity index is 1.80. The number of aromatic nitrogens is 3. The van der Waals surface area contributed by atoms with Crippen molar-refractivity contribution in [3.05, 3.63) is 64.5 Å². The van der Waals surface area contributed by atoms with E-state index in [2.05, 4.69) is 4.98 Å². The molecule has 0 spiro atoms. The first-order chi connectivity index (χ1) is 17.9. The number of nitro benzene ring substituents is 1. The van der Waals surface area contributed by atoms with E-state index < -0.39 is 11.9 Å². The van der Waals surface area contributed by atoms with Crippen molar-refractivity contribution in [2.45, 2.75) is 6.42 Å². The van der Waals surface area contributed by atoms with Gasteiger partial charge in [0.2, 0.25) is 5.95 Å². The number of nitro groups is 1. The van der Waals surface area contributed by atoms with E-state index in [1.54, 1.807) is 24.2 Å². The topological polar surface area (TPSA) is 116 Å². The fourth-order valence-electron chi connectivity index (χ4n) is 4.17. The lowest BCUT2D eigenvalue weighted by Gasteiger charge is -2.23. The van der Waals surface area contributed by atoms with Crippen LogP contribution in [0.5, 0.6) is 5.75 Å². The van der Waals surface area contributed by atoms with E-state index in [-0.39, 0.29) is 30.1 Å². The van der Waals surface area contributed by atoms with Crippen molar-refractivity contribution in [2.24, 2.45) is 7.05 Å². The maximum Gasteiger partial charge on any atom is 0.294 e. The number of hydrogen-bond acceptors (Lipinski definition) is 8. The molecule has 4 rings (SSSR count). The molecule has 0 fully saturated rings. The molecule has 0 atom stereocenters. The van der Waals surface area contributed by atoms with Crippen molar-refractivity contribution in [1.82, 2.24) is 19.4 Å². The van der Waals surface area contributed by atoms with Crippen LogP contribution in [0.4, 0.5) is 23.0 Å². The van der Waals surface area contributed by atoms with Crippen LogP contribution < -0.4 is 15.4 Å². The fourth-order valence-corrected chi connectivity index (χ4v) is 4.17. The van der Waals surface area contributed by atoms with E-state index in [9.17, 15) is 10.1 Å². The van der Waals surface area contributed by atoms with Gasteiger partial charge in [0, 0.05) is 65.2 Å². The Morgan fingerprint density at radius 2 is 2.06 bits per heavy atom. The van der Waals surface area contributed by atoms with Crippen molar-refractivity contribution in [3.63, 3.8) is 0 Å². The molecular formula is C25H29N7O3. The first-order valence-corrected chi connectivity index (χ1v) is 10.9. The molecule has 10 heteroatoms. The second kappa shape index (κ2) is 9.59. The number of ether oxygens (including phenoxy) is 1. The molecule has 2 aromatic carbocycles. The third-order valence-electron chi connectivity index (χ3n) is 5.96. The zero-order valence-corrected chi connectivity index (χ0v) is 20.0. The number of methoxy groups -OCH3 is 1. The molecular weight excluding hydrogens is 446 g/mol. The molecule has 0 bridgehead atoms. The number of para-hydroxylation sites is 1. The first kappa shape index (κ1) is 20.2. The quantitative estimate of drug-likeness (QED) is 0.229. The van der Waals surface area contributed by atoms with Crippen LogP contribution in [0.1, 0.15) is 9.68 Å². The summed E-state index contributed by atoms with van der Waals surface area (Å²) in [5.74, 6) is 0.576. The number of likely N-dealkylation sites (N-methyl/N-ethyl adjacent to an activating group) is 1. The molecule has 0 saturated carbocycles. The van der Waals surface area contributed by atoms with Gasteiger partial charge in [0.25, 0.3) is 5.69 Å². The third kappa shape index (κ3) is 4.47. The van der Waals surface area contributed by atoms with E-state index in [4.69, 9.17) is 19.6 Å². The van der Waals surface area contributed by atoms with E-state index in [0.29, 0.717) is 22.9 Å². The van der Waals surface area contributed by atoms with Gasteiger partial charge in [-0.25, -0.2) is 9.97 Å². The molecule has 0 aliphatic carbocycles. The number of nitrogens with zero attached hydrogens (tertiary/aromatic N) is 6. The van der Waals surface area contributed by atoms with Crippen LogP contribution in [0.15, 0.2) is 48.8 Å². The summed E-state index contributed by atoms with van der Waals surface area (Å²) in [6, 6.07) is 11.1. The van der Waals surface area contributed by atoms with Gasteiger partial charge in [-0.2, -0.15) is 0 Å². The summed E-state index contributed by atoms with van der Waals surface area (Å²) in [6.07, 6.45) is 3.73. The van der Waals surface area contributed by atoms with Crippen LogP contribution in [-0.2, 0) is 13.5 Å². The van der Waals surface area contributed by atoms with E-state index in [1.165, 1.54) is 25.1 Å². The highest BCUT2D eigenvalue weighted by molar-refractivity contribution is 5.95. The van der Waals surface area contributed by atoms with E-state index in [1.807, 2.05) is 42.1 Å². The normalized spacial score (nSPS) is 12.9. The Morgan fingerprint density at radius 1 is 1.29 bits per heavy atom. The Labute approximate surface area is 207 Å². The average Bonchev–Trinajstić information content (AvgIpc) is 3.22. The largest absolute Gasteiger partial charge is 0.494 e. The van der Waals surface area contributed by atoms with E-state index >= 15 is 0 Å². The van der Waals surface area contributed by atoms with Gasteiger partial charge < -0.3 is 24.8 Å². The van der Waals surface area contributed by atoms with Gasteiger partial charge in [-0.15, -0.1) is 0 Å². The van der Waals surface area contributed by atoms with Crippen LogP contribution in [-0.4, -0.2) is 59.1 Å². The molecule has 0 aliphatic heterocycles. The Bertz CT molecular complexity index is 1500. The zero-order chi connectivity index (χ0) is 27.8. The van der Waals surface area contributed by atoms with Crippen molar-refractivity contribution in [2.75, 3.05) is 45.4 Å². The van der Waals surface area contributed by atoms with Crippen LogP contribution in [0.2, 0.25) is 0 Å². The number of benzene rings is 2. The van der Waals surface area contributed by atoms with Crippen molar-refractivity contribution >= 4 is 33.9 Å². The molecule has 35 heavy (non-hydrogen) atoms. The van der Waals surface area contributed by atoms with Crippen molar-refractivity contribution < 1.29 is 13.8 Å². The van der Waals surface area contributed by atoms with E-state index in [0.717, 1.165) is 16.5 Å². The second-order valence-corrected chi connectivity index (χ2v) is 8.24. The monoisotopic (exact) mass is 478 g/mol. The lowest BCUT2D eigenvalue weighted by Crippen LogP contribution is -2.19. The highest BCUT2D eigenvalue weighted by Gasteiger charge is 2.26. The molecule has 0 radical (unpaired) electrons. The van der Waals surface area contributed by atoms with Crippen molar-refractivity contribution in [1.29, 1.82) is 0 Å². The van der Waals surface area contributed by atoms with Crippen LogP contribution in [0.25, 0.3) is 22.2 Å². The predicted octanol–water partition coefficient (Wildman–Crippen LogP) is 4.01. The Hall–Kier alpha value is -4.18. The number of nitrogens with two attached hydrogens (primary N) is 1. The SMILES string of the molecule is [2H]C([2H])([2H])N(C)CCc1c(N)c([N+](=O)[O-])cc(N(C)c2nccc(-c3cn(C)c4ccccc34)n2)c1OC. The minimum Gasteiger partial charge on any atom is -0.494 e. The fraction of sp³-hybridized carbons (Fsp3) is 0.280. The summed E-state index contributed by atoms with van der Waals surface area (Å²) in [7, 11) is 6.52. The number of nitrogen functional groups attached to an aromatic ring is 1. The third-order valence-corrected chi connectivity index (χ3v) is 5.96. The number of aryl methyl sites for hydroxylation is 1. The number of fused-ring (bicyclic) bond motifs is 1. The number of rotatable bonds is 8. The molecule has 2 heterocycles. The molecule has 0 amide bonds. The summed E-state index contributed by atoms with van der Waals surface area (Å²) in [5, 5.41) is 12.9. The van der Waals surface area contributed by atoms with Gasteiger partial charge >= 0.3 is 0 Å². The molecule has 4 aromatic rings. The number of hydrogen-bond donors (Lipinski definition) is 1. The molecule has 10 nitrogen and oxygen atoms in total. The molecule has 182 valence electrons. The molecule has 2 N–H and O–H groups in total. The smallest absolute Gasteiger partial charge is 0.294 e. The van der Waals surface area contributed by atoms with Crippen LogP contribution in [0, 0.1) is 10.1 Å². The molecule has 0 aliphatic rings. The first-order valence-electron chi connectivity index (χ1n) is 12.4. The highest BCUT2D eigenvalue weighted by Crippen LogP contribution is 2.43. The summed E-state index contributed by atoms with van der Waals surface area (Å²) in [4.78, 5) is 23.2. The van der Waals surface area contributed by atoms with Gasteiger partial charge in [0.05, 0.1) is 23.4 Å². The van der Waals surface area contributed by atoms with Gasteiger partial charge in [-0.1, -0.05) is 18.2 Å². The highest BCUT2D eigenvalue weighted by atomic mass is 16.6. The molecule has 0 unspecified atom stereocenters. The summed E-state index contributed by atoms with van der Waals surface area (Å²) in [5.41, 5.74) is 9.12. The standard InChI is InChI=1S/C25H29N7O3/c1-29(2)13-11-17-23(26)21(32(33)34)14-22(24(17)35-5)31(4)25-27-12-10-19(28-25)18-15-30(3)20-9-7-6-8-16(18)20/h6-10,12,14-15H,11,13,26H2,1-5H3/i1D3. The lowest BCUT2D eigenvalue weighted by atomic mass is 10.0. The van der Waals surface area contributed by atoms with Gasteiger partial charge in [0.1, 0.15) is 11.4 Å². The van der Waals surface area contributed by atoms with Gasteiger partial charge in [0.15, 0.2) is 0 Å². The summed E-state index contributed by atoms with van der Waals surface area (Å²) < 4.78 is 30.5. The summed E-state index contributed by atoms with van der Waals surface area (Å²) >= 11 is 0. The predicted molar refractivity (Wildman–Crippen MR) is 138 cm³/mol.